The summed E-state index contributed by atoms with van der Waals surface area (Å²) in [6, 6.07) is 3.51. The lowest BCUT2D eigenvalue weighted by atomic mass is 10.1. The molecule has 0 aliphatic rings. The summed E-state index contributed by atoms with van der Waals surface area (Å²) < 4.78 is 12.9. The van der Waals surface area contributed by atoms with Crippen molar-refractivity contribution in [3.63, 3.8) is 0 Å². The first kappa shape index (κ1) is 10.2. The average molecular weight is 194 g/mol. The predicted octanol–water partition coefficient (Wildman–Crippen LogP) is 0.868. The number of halogens is 1. The number of carboxylic acids is 1. The van der Waals surface area contributed by atoms with Gasteiger partial charge in [0.25, 0.3) is 0 Å². The summed E-state index contributed by atoms with van der Waals surface area (Å²) in [5, 5.41) is 17.0. The third-order valence-electron chi connectivity index (χ3n) is 1.51. The number of carbonyl (C=O) groups is 1. The molecule has 0 heterocycles. The van der Waals surface area contributed by atoms with E-state index in [0.717, 1.165) is 12.1 Å². The van der Waals surface area contributed by atoms with Crippen molar-refractivity contribution >= 4 is 5.97 Å². The molecule has 0 saturated carbocycles. The average Bonchev–Trinajstić information content (AvgIpc) is 2.16. The van der Waals surface area contributed by atoms with E-state index in [2.05, 4.69) is 11.8 Å². The monoisotopic (exact) mass is 194 g/mol. The summed E-state index contributed by atoms with van der Waals surface area (Å²) in [4.78, 5) is 10.5. The van der Waals surface area contributed by atoms with Crippen LogP contribution in [0.5, 0.6) is 0 Å². The fourth-order valence-electron chi connectivity index (χ4n) is 0.909. The lowest BCUT2D eigenvalue weighted by molar-refractivity contribution is 0.0692. The predicted molar refractivity (Wildman–Crippen MR) is 47.3 cm³/mol. The molecule has 0 unspecified atom stereocenters. The minimum atomic E-state index is -1.34. The highest BCUT2D eigenvalue weighted by atomic mass is 19.1. The van der Waals surface area contributed by atoms with Crippen molar-refractivity contribution in [2.24, 2.45) is 0 Å². The standard InChI is InChI=1S/C10H7FO3/c11-9-4-3-7(2-1-5-12)6-8(9)10(13)14/h3-4,6,12H,5H2,(H,13,14). The van der Waals surface area contributed by atoms with Crippen LogP contribution in [-0.4, -0.2) is 22.8 Å². The Labute approximate surface area is 79.8 Å². The van der Waals surface area contributed by atoms with Crippen molar-refractivity contribution in [2.75, 3.05) is 6.61 Å². The van der Waals surface area contributed by atoms with Gasteiger partial charge in [-0.05, 0) is 18.2 Å². The Balaban J connectivity index is 3.13. The number of aliphatic hydroxyl groups is 1. The van der Waals surface area contributed by atoms with Gasteiger partial charge in [-0.25, -0.2) is 9.18 Å². The summed E-state index contributed by atoms with van der Waals surface area (Å²) >= 11 is 0. The molecule has 1 rings (SSSR count). The number of benzene rings is 1. The lowest BCUT2D eigenvalue weighted by Gasteiger charge is -1.97. The van der Waals surface area contributed by atoms with Crippen molar-refractivity contribution in [1.82, 2.24) is 0 Å². The minimum Gasteiger partial charge on any atom is -0.478 e. The molecule has 2 N–H and O–H groups in total. The van der Waals surface area contributed by atoms with Crippen LogP contribution in [0.15, 0.2) is 18.2 Å². The molecule has 3 nitrogen and oxygen atoms in total. The van der Waals surface area contributed by atoms with Gasteiger partial charge in [0.2, 0.25) is 0 Å². The van der Waals surface area contributed by atoms with Gasteiger partial charge >= 0.3 is 5.97 Å². The van der Waals surface area contributed by atoms with Crippen molar-refractivity contribution in [3.05, 3.63) is 35.1 Å². The molecule has 0 aliphatic carbocycles. The molecule has 0 fully saturated rings. The van der Waals surface area contributed by atoms with E-state index in [-0.39, 0.29) is 6.61 Å². The molecular formula is C10H7FO3. The van der Waals surface area contributed by atoms with Gasteiger partial charge in [0.1, 0.15) is 12.4 Å². The molecule has 72 valence electrons. The summed E-state index contributed by atoms with van der Waals surface area (Å²) in [7, 11) is 0. The first-order chi connectivity index (χ1) is 6.65. The molecule has 0 radical (unpaired) electrons. The maximum Gasteiger partial charge on any atom is 0.338 e. The van der Waals surface area contributed by atoms with E-state index < -0.39 is 17.3 Å². The van der Waals surface area contributed by atoms with E-state index in [0.29, 0.717) is 5.56 Å². The Bertz CT molecular complexity index is 415. The number of aliphatic hydroxyl groups excluding tert-OH is 1. The zero-order valence-corrected chi connectivity index (χ0v) is 7.12. The van der Waals surface area contributed by atoms with E-state index >= 15 is 0 Å². The lowest BCUT2D eigenvalue weighted by Crippen LogP contribution is -2.00. The van der Waals surface area contributed by atoms with Gasteiger partial charge < -0.3 is 10.2 Å². The Morgan fingerprint density at radius 3 is 2.79 bits per heavy atom. The Morgan fingerprint density at radius 1 is 1.50 bits per heavy atom. The van der Waals surface area contributed by atoms with Crippen LogP contribution in [0, 0.1) is 17.7 Å². The van der Waals surface area contributed by atoms with Crippen LogP contribution in [0.3, 0.4) is 0 Å². The normalized spacial score (nSPS) is 9.00. The summed E-state index contributed by atoms with van der Waals surface area (Å²) in [5.74, 6) is 2.69. The zero-order chi connectivity index (χ0) is 10.6. The molecule has 0 saturated heterocycles. The van der Waals surface area contributed by atoms with Gasteiger partial charge in [-0.1, -0.05) is 11.8 Å². The van der Waals surface area contributed by atoms with Crippen molar-refractivity contribution in [3.8, 4) is 11.8 Å². The molecule has 0 aliphatic heterocycles. The number of hydrogen-bond acceptors (Lipinski definition) is 2. The van der Waals surface area contributed by atoms with E-state index in [9.17, 15) is 9.18 Å². The Kier molecular flexibility index (Phi) is 3.21. The highest BCUT2D eigenvalue weighted by Gasteiger charge is 2.09. The highest BCUT2D eigenvalue weighted by Crippen LogP contribution is 2.09. The third kappa shape index (κ3) is 2.31. The molecular weight excluding hydrogens is 187 g/mol. The van der Waals surface area contributed by atoms with Crippen LogP contribution in [0.4, 0.5) is 4.39 Å². The maximum atomic E-state index is 12.9. The molecule has 4 heteroatoms. The Hall–Kier alpha value is -1.86. The Morgan fingerprint density at radius 2 is 2.21 bits per heavy atom. The van der Waals surface area contributed by atoms with Crippen LogP contribution in [0.1, 0.15) is 15.9 Å². The van der Waals surface area contributed by atoms with Gasteiger partial charge in [-0.3, -0.25) is 0 Å². The van der Waals surface area contributed by atoms with E-state index in [4.69, 9.17) is 10.2 Å². The van der Waals surface area contributed by atoms with Crippen LogP contribution in [0.2, 0.25) is 0 Å². The largest absolute Gasteiger partial charge is 0.478 e. The van der Waals surface area contributed by atoms with Gasteiger partial charge in [-0.2, -0.15) is 0 Å². The molecule has 0 spiro atoms. The second-order valence-corrected chi connectivity index (χ2v) is 2.46. The van der Waals surface area contributed by atoms with E-state index in [1.54, 1.807) is 0 Å². The summed E-state index contributed by atoms with van der Waals surface area (Å²) in [6.07, 6.45) is 0. The quantitative estimate of drug-likeness (QED) is 0.652. The van der Waals surface area contributed by atoms with Crippen molar-refractivity contribution in [1.29, 1.82) is 0 Å². The number of rotatable bonds is 1. The van der Waals surface area contributed by atoms with Gasteiger partial charge in [0, 0.05) is 5.56 Å². The molecule has 0 amide bonds. The third-order valence-corrected chi connectivity index (χ3v) is 1.51. The molecule has 14 heavy (non-hydrogen) atoms. The molecule has 0 atom stereocenters. The zero-order valence-electron chi connectivity index (χ0n) is 7.12. The fourth-order valence-corrected chi connectivity index (χ4v) is 0.909. The smallest absolute Gasteiger partial charge is 0.338 e. The number of aromatic carboxylic acids is 1. The first-order valence-electron chi connectivity index (χ1n) is 3.77. The second-order valence-electron chi connectivity index (χ2n) is 2.46. The van der Waals surface area contributed by atoms with Crippen LogP contribution < -0.4 is 0 Å². The van der Waals surface area contributed by atoms with E-state index in [1.807, 2.05) is 0 Å². The summed E-state index contributed by atoms with van der Waals surface area (Å²) in [6.45, 7) is -0.320. The van der Waals surface area contributed by atoms with Crippen molar-refractivity contribution < 1.29 is 19.4 Å². The number of hydrogen-bond donors (Lipinski definition) is 2. The SMILES string of the molecule is O=C(O)c1cc(C#CCO)ccc1F. The van der Waals surface area contributed by atoms with Gasteiger partial charge in [0.05, 0.1) is 5.56 Å². The second kappa shape index (κ2) is 4.40. The fraction of sp³-hybridized carbons (Fsp3) is 0.100. The van der Waals surface area contributed by atoms with Crippen LogP contribution >= 0.6 is 0 Å². The first-order valence-corrected chi connectivity index (χ1v) is 3.77. The van der Waals surface area contributed by atoms with Crippen LogP contribution in [-0.2, 0) is 0 Å². The number of carboxylic acid groups (broad SMARTS) is 1. The van der Waals surface area contributed by atoms with E-state index in [1.165, 1.54) is 6.07 Å². The van der Waals surface area contributed by atoms with Crippen molar-refractivity contribution in [2.45, 2.75) is 0 Å². The summed E-state index contributed by atoms with van der Waals surface area (Å²) in [5.41, 5.74) is -0.0624. The maximum absolute atomic E-state index is 12.9. The van der Waals surface area contributed by atoms with Gasteiger partial charge in [0.15, 0.2) is 0 Å². The topological polar surface area (TPSA) is 57.5 Å². The highest BCUT2D eigenvalue weighted by molar-refractivity contribution is 5.88. The molecule has 0 aromatic heterocycles. The molecule has 0 bridgehead atoms. The molecule has 1 aromatic carbocycles. The van der Waals surface area contributed by atoms with Gasteiger partial charge in [-0.15, -0.1) is 0 Å². The van der Waals surface area contributed by atoms with Crippen LogP contribution in [0.25, 0.3) is 0 Å². The minimum absolute atomic E-state index is 0.320. The molecule has 1 aromatic rings.